The van der Waals surface area contributed by atoms with Crippen LogP contribution in [0.1, 0.15) is 70.8 Å². The van der Waals surface area contributed by atoms with E-state index in [0.29, 0.717) is 24.0 Å². The van der Waals surface area contributed by atoms with Crippen molar-refractivity contribution in [1.82, 2.24) is 0 Å². The summed E-state index contributed by atoms with van der Waals surface area (Å²) >= 11 is 0. The highest BCUT2D eigenvalue weighted by Crippen LogP contribution is 2.35. The van der Waals surface area contributed by atoms with Gasteiger partial charge in [-0.25, -0.2) is 4.39 Å². The number of hydrogen-bond acceptors (Lipinski definition) is 2. The third-order valence-electron chi connectivity index (χ3n) is 5.91. The lowest BCUT2D eigenvalue weighted by molar-refractivity contribution is 0.160. The van der Waals surface area contributed by atoms with Crippen LogP contribution in [0.3, 0.4) is 0 Å². The molecule has 3 rings (SSSR count). The van der Waals surface area contributed by atoms with Crippen molar-refractivity contribution in [3.8, 4) is 11.5 Å². The van der Waals surface area contributed by atoms with Crippen LogP contribution in [-0.2, 0) is 6.42 Å². The number of ether oxygens (including phenoxy) is 2. The molecule has 0 aromatic heterocycles. The number of fused-ring (bicyclic) bond motifs is 1. The van der Waals surface area contributed by atoms with Gasteiger partial charge in [0.25, 0.3) is 0 Å². The number of halogens is 1. The lowest BCUT2D eigenvalue weighted by Crippen LogP contribution is -2.22. The van der Waals surface area contributed by atoms with Crippen molar-refractivity contribution < 1.29 is 13.9 Å². The largest absolute Gasteiger partial charge is 0.489 e. The van der Waals surface area contributed by atoms with Crippen LogP contribution in [0.4, 0.5) is 4.39 Å². The lowest BCUT2D eigenvalue weighted by Gasteiger charge is -2.26. The Labute approximate surface area is 157 Å². The molecule has 1 atom stereocenters. The van der Waals surface area contributed by atoms with E-state index in [0.717, 1.165) is 30.7 Å². The van der Waals surface area contributed by atoms with Crippen molar-refractivity contribution in [3.63, 3.8) is 0 Å². The average molecular weight is 361 g/mol. The fourth-order valence-electron chi connectivity index (χ4n) is 4.32. The second-order valence-electron chi connectivity index (χ2n) is 7.89. The SMILES string of the molecule is CCCC1CCC(C=CCOc2cc(F)c3c(c2)CCC(CC)O3)CC1. The summed E-state index contributed by atoms with van der Waals surface area (Å²) in [7, 11) is 0. The Morgan fingerprint density at radius 2 is 1.96 bits per heavy atom. The van der Waals surface area contributed by atoms with Gasteiger partial charge in [0, 0.05) is 11.6 Å². The summed E-state index contributed by atoms with van der Waals surface area (Å²) in [5, 5.41) is 0. The zero-order valence-corrected chi connectivity index (χ0v) is 16.3. The molecule has 1 heterocycles. The zero-order chi connectivity index (χ0) is 18.4. The number of rotatable bonds is 7. The molecule has 0 spiro atoms. The second-order valence-corrected chi connectivity index (χ2v) is 7.89. The molecule has 2 aliphatic rings. The van der Waals surface area contributed by atoms with E-state index in [-0.39, 0.29) is 11.9 Å². The summed E-state index contributed by atoms with van der Waals surface area (Å²) in [6, 6.07) is 3.40. The van der Waals surface area contributed by atoms with Crippen molar-refractivity contribution >= 4 is 0 Å². The van der Waals surface area contributed by atoms with Crippen molar-refractivity contribution in [3.05, 3.63) is 35.7 Å². The van der Waals surface area contributed by atoms with E-state index < -0.39 is 0 Å². The summed E-state index contributed by atoms with van der Waals surface area (Å²) in [5.74, 6) is 2.36. The van der Waals surface area contributed by atoms with E-state index in [4.69, 9.17) is 9.47 Å². The van der Waals surface area contributed by atoms with Crippen LogP contribution in [0.25, 0.3) is 0 Å². The molecule has 0 saturated heterocycles. The Bertz CT molecular complexity index is 602. The Balaban J connectivity index is 1.48. The molecular weight excluding hydrogens is 327 g/mol. The van der Waals surface area contributed by atoms with Gasteiger partial charge in [0.15, 0.2) is 11.6 Å². The van der Waals surface area contributed by atoms with E-state index in [9.17, 15) is 4.39 Å². The minimum atomic E-state index is -0.297. The quantitative estimate of drug-likeness (QED) is 0.519. The van der Waals surface area contributed by atoms with Crippen LogP contribution in [-0.4, -0.2) is 12.7 Å². The smallest absolute Gasteiger partial charge is 0.169 e. The number of benzene rings is 1. The van der Waals surface area contributed by atoms with Crippen LogP contribution in [0, 0.1) is 17.7 Å². The maximum Gasteiger partial charge on any atom is 0.169 e. The van der Waals surface area contributed by atoms with Crippen molar-refractivity contribution in [2.24, 2.45) is 11.8 Å². The summed E-state index contributed by atoms with van der Waals surface area (Å²) in [6.07, 6.45) is 15.3. The van der Waals surface area contributed by atoms with E-state index in [1.54, 1.807) is 0 Å². The number of aryl methyl sites for hydroxylation is 1. The Hall–Kier alpha value is -1.51. The molecule has 0 amide bonds. The highest BCUT2D eigenvalue weighted by Gasteiger charge is 2.22. The van der Waals surface area contributed by atoms with E-state index in [1.165, 1.54) is 44.6 Å². The summed E-state index contributed by atoms with van der Waals surface area (Å²) in [4.78, 5) is 0. The molecule has 2 nitrogen and oxygen atoms in total. The molecule has 1 aromatic rings. The number of allylic oxidation sites excluding steroid dienone is 1. The minimum Gasteiger partial charge on any atom is -0.489 e. The standard InChI is InChI=1S/C23H33FO2/c1-3-6-17-8-10-18(11-9-17)7-5-14-25-21-15-19-12-13-20(4-2)26-23(19)22(24)16-21/h5,7,15-18,20H,3-4,6,8-14H2,1-2H3. The van der Waals surface area contributed by atoms with Crippen LogP contribution >= 0.6 is 0 Å². The van der Waals surface area contributed by atoms with Gasteiger partial charge < -0.3 is 9.47 Å². The second kappa shape index (κ2) is 9.43. The Morgan fingerprint density at radius 1 is 1.15 bits per heavy atom. The number of hydrogen-bond donors (Lipinski definition) is 0. The fourth-order valence-corrected chi connectivity index (χ4v) is 4.32. The Kier molecular flexibility index (Phi) is 6.99. The molecule has 1 aliphatic carbocycles. The first-order valence-corrected chi connectivity index (χ1v) is 10.5. The predicted octanol–water partition coefficient (Wildman–Crippen LogP) is 6.47. The highest BCUT2D eigenvalue weighted by molar-refractivity contribution is 5.43. The summed E-state index contributed by atoms with van der Waals surface area (Å²) in [5.41, 5.74) is 0.933. The monoisotopic (exact) mass is 360 g/mol. The van der Waals surface area contributed by atoms with E-state index >= 15 is 0 Å². The summed E-state index contributed by atoms with van der Waals surface area (Å²) in [6.45, 7) is 4.86. The van der Waals surface area contributed by atoms with Gasteiger partial charge in [-0.15, -0.1) is 0 Å². The molecule has 0 N–H and O–H groups in total. The van der Waals surface area contributed by atoms with E-state index in [1.807, 2.05) is 6.07 Å². The molecule has 144 valence electrons. The molecule has 26 heavy (non-hydrogen) atoms. The summed E-state index contributed by atoms with van der Waals surface area (Å²) < 4.78 is 25.8. The van der Waals surface area contributed by atoms with E-state index in [2.05, 4.69) is 26.0 Å². The lowest BCUT2D eigenvalue weighted by atomic mass is 9.80. The van der Waals surface area contributed by atoms with Crippen molar-refractivity contribution in [1.29, 1.82) is 0 Å². The molecule has 1 saturated carbocycles. The fraction of sp³-hybridized carbons (Fsp3) is 0.652. The van der Waals surface area contributed by atoms with Gasteiger partial charge in [-0.05, 0) is 62.8 Å². The van der Waals surface area contributed by atoms with Crippen molar-refractivity contribution in [2.45, 2.75) is 77.7 Å². The topological polar surface area (TPSA) is 18.5 Å². The van der Waals surface area contributed by atoms with Crippen molar-refractivity contribution in [2.75, 3.05) is 6.61 Å². The van der Waals surface area contributed by atoms with Crippen LogP contribution in [0.15, 0.2) is 24.3 Å². The molecule has 1 fully saturated rings. The molecule has 1 aliphatic heterocycles. The van der Waals surface area contributed by atoms with Crippen LogP contribution in [0.2, 0.25) is 0 Å². The van der Waals surface area contributed by atoms with Gasteiger partial charge in [-0.1, -0.05) is 38.8 Å². The van der Waals surface area contributed by atoms with Gasteiger partial charge in [-0.3, -0.25) is 0 Å². The van der Waals surface area contributed by atoms with Gasteiger partial charge in [-0.2, -0.15) is 0 Å². The predicted molar refractivity (Wildman–Crippen MR) is 104 cm³/mol. The minimum absolute atomic E-state index is 0.138. The maximum absolute atomic E-state index is 14.3. The normalized spacial score (nSPS) is 25.7. The molecular formula is C23H33FO2. The third-order valence-corrected chi connectivity index (χ3v) is 5.91. The maximum atomic E-state index is 14.3. The molecule has 0 radical (unpaired) electrons. The van der Waals surface area contributed by atoms with Gasteiger partial charge in [0.05, 0.1) is 6.10 Å². The zero-order valence-electron chi connectivity index (χ0n) is 16.3. The van der Waals surface area contributed by atoms with Crippen LogP contribution in [0.5, 0.6) is 11.5 Å². The van der Waals surface area contributed by atoms with Gasteiger partial charge in [0.2, 0.25) is 0 Å². The van der Waals surface area contributed by atoms with Crippen LogP contribution < -0.4 is 9.47 Å². The molecule has 3 heteroatoms. The first-order chi connectivity index (χ1) is 12.7. The first-order valence-electron chi connectivity index (χ1n) is 10.5. The molecule has 1 unspecified atom stereocenters. The Morgan fingerprint density at radius 3 is 2.69 bits per heavy atom. The highest BCUT2D eigenvalue weighted by atomic mass is 19.1. The molecule has 1 aromatic carbocycles. The van der Waals surface area contributed by atoms with Gasteiger partial charge >= 0.3 is 0 Å². The van der Waals surface area contributed by atoms with Gasteiger partial charge in [0.1, 0.15) is 12.4 Å². The first kappa shape index (κ1) is 19.3. The average Bonchev–Trinajstić information content (AvgIpc) is 2.66. The molecule has 0 bridgehead atoms. The third kappa shape index (κ3) is 5.02.